The number of aromatic nitrogens is 1. The number of carbonyl (C=O) groups is 1. The fourth-order valence-electron chi connectivity index (χ4n) is 3.15. The number of hydrogen-bond donors (Lipinski definition) is 1. The summed E-state index contributed by atoms with van der Waals surface area (Å²) in [7, 11) is 0. The van der Waals surface area contributed by atoms with Crippen molar-refractivity contribution in [2.24, 2.45) is 0 Å². The van der Waals surface area contributed by atoms with Crippen molar-refractivity contribution >= 4 is 22.4 Å². The Balaban J connectivity index is 1.51. The van der Waals surface area contributed by atoms with E-state index in [0.29, 0.717) is 12.6 Å². The minimum Gasteiger partial charge on any atom is -0.466 e. The molecule has 1 aliphatic rings. The third-order valence-electron chi connectivity index (χ3n) is 4.26. The van der Waals surface area contributed by atoms with Crippen LogP contribution in [0.5, 0.6) is 0 Å². The van der Waals surface area contributed by atoms with Crippen LogP contribution in [0.15, 0.2) is 35.7 Å². The predicted octanol–water partition coefficient (Wildman–Crippen LogP) is 3.33. The van der Waals surface area contributed by atoms with Gasteiger partial charge < -0.3 is 10.1 Å². The van der Waals surface area contributed by atoms with Crippen molar-refractivity contribution in [3.05, 3.63) is 47.0 Å². The Labute approximate surface area is 153 Å². The molecular formula is C19H25N3O2S. The maximum Gasteiger partial charge on any atom is 0.311 e. The number of esters is 1. The molecule has 25 heavy (non-hydrogen) atoms. The van der Waals surface area contributed by atoms with Gasteiger partial charge in [0.25, 0.3) is 0 Å². The van der Waals surface area contributed by atoms with E-state index >= 15 is 0 Å². The third-order valence-corrected chi connectivity index (χ3v) is 5.09. The van der Waals surface area contributed by atoms with Crippen LogP contribution in [0.3, 0.4) is 0 Å². The summed E-state index contributed by atoms with van der Waals surface area (Å²) in [6.07, 6.45) is 2.58. The lowest BCUT2D eigenvalue weighted by Crippen LogP contribution is -2.41. The van der Waals surface area contributed by atoms with E-state index in [1.807, 2.05) is 12.3 Å². The molecule has 134 valence electrons. The molecule has 1 aliphatic heterocycles. The number of benzene rings is 1. The molecule has 0 saturated carbocycles. The molecule has 2 heterocycles. The van der Waals surface area contributed by atoms with E-state index in [-0.39, 0.29) is 12.4 Å². The average Bonchev–Trinajstić information content (AvgIpc) is 3.03. The van der Waals surface area contributed by atoms with Crippen molar-refractivity contribution in [3.8, 4) is 0 Å². The SMILES string of the molecule is CCOC(=O)Cc1csc(NC2CCCN(Cc3ccccc3)C2)n1. The highest BCUT2D eigenvalue weighted by Crippen LogP contribution is 2.21. The zero-order valence-electron chi connectivity index (χ0n) is 14.6. The molecule has 1 aromatic heterocycles. The lowest BCUT2D eigenvalue weighted by Gasteiger charge is -2.33. The molecule has 1 aromatic carbocycles. The standard InChI is InChI=1S/C19H25N3O2S/c1-2-24-18(23)11-17-14-25-19(21-17)20-16-9-6-10-22(13-16)12-15-7-4-3-5-8-15/h3-5,7-8,14,16H,2,6,9-13H2,1H3,(H,20,21). The first-order valence-electron chi connectivity index (χ1n) is 8.85. The fourth-order valence-corrected chi connectivity index (χ4v) is 3.94. The molecule has 1 fully saturated rings. The molecule has 0 bridgehead atoms. The van der Waals surface area contributed by atoms with Gasteiger partial charge in [0.1, 0.15) is 0 Å². The van der Waals surface area contributed by atoms with E-state index < -0.39 is 0 Å². The van der Waals surface area contributed by atoms with Gasteiger partial charge in [-0.25, -0.2) is 4.98 Å². The molecule has 1 N–H and O–H groups in total. The lowest BCUT2D eigenvalue weighted by atomic mass is 10.1. The fraction of sp³-hybridized carbons (Fsp3) is 0.474. The number of anilines is 1. The highest BCUT2D eigenvalue weighted by molar-refractivity contribution is 7.13. The van der Waals surface area contributed by atoms with Gasteiger partial charge in [0.05, 0.1) is 18.7 Å². The van der Waals surface area contributed by atoms with Gasteiger partial charge in [-0.3, -0.25) is 9.69 Å². The first-order chi connectivity index (χ1) is 12.2. The van der Waals surface area contributed by atoms with E-state index in [1.165, 1.54) is 12.0 Å². The van der Waals surface area contributed by atoms with Crippen molar-refractivity contribution < 1.29 is 9.53 Å². The zero-order chi connectivity index (χ0) is 17.5. The molecule has 1 atom stereocenters. The Morgan fingerprint density at radius 1 is 1.40 bits per heavy atom. The summed E-state index contributed by atoms with van der Waals surface area (Å²) in [5.74, 6) is -0.217. The van der Waals surface area contributed by atoms with Gasteiger partial charge in [-0.15, -0.1) is 11.3 Å². The predicted molar refractivity (Wildman–Crippen MR) is 101 cm³/mol. The van der Waals surface area contributed by atoms with Gasteiger partial charge in [0.15, 0.2) is 5.13 Å². The molecule has 5 nitrogen and oxygen atoms in total. The summed E-state index contributed by atoms with van der Waals surface area (Å²) in [5.41, 5.74) is 2.14. The van der Waals surface area contributed by atoms with Crippen LogP contribution in [0.2, 0.25) is 0 Å². The first kappa shape index (κ1) is 17.9. The normalized spacial score (nSPS) is 18.0. The maximum atomic E-state index is 11.5. The molecular weight excluding hydrogens is 334 g/mol. The number of nitrogens with one attached hydrogen (secondary N) is 1. The minimum absolute atomic E-state index is 0.217. The smallest absolute Gasteiger partial charge is 0.311 e. The Hall–Kier alpha value is -1.92. The summed E-state index contributed by atoms with van der Waals surface area (Å²) in [6.45, 7) is 5.37. The van der Waals surface area contributed by atoms with E-state index in [2.05, 4.69) is 45.5 Å². The summed E-state index contributed by atoms with van der Waals surface area (Å²) in [6, 6.07) is 11.0. The summed E-state index contributed by atoms with van der Waals surface area (Å²) in [5, 5.41) is 6.36. The molecule has 0 aliphatic carbocycles. The van der Waals surface area contributed by atoms with E-state index in [4.69, 9.17) is 4.74 Å². The van der Waals surface area contributed by atoms with Crippen LogP contribution in [-0.2, 0) is 22.5 Å². The highest BCUT2D eigenvalue weighted by Gasteiger charge is 2.21. The van der Waals surface area contributed by atoms with Crippen LogP contribution in [0, 0.1) is 0 Å². The molecule has 1 saturated heterocycles. The summed E-state index contributed by atoms with van der Waals surface area (Å²) in [4.78, 5) is 18.6. The molecule has 2 aromatic rings. The number of likely N-dealkylation sites (tertiary alicyclic amines) is 1. The lowest BCUT2D eigenvalue weighted by molar-refractivity contribution is -0.142. The van der Waals surface area contributed by atoms with Crippen LogP contribution >= 0.6 is 11.3 Å². The van der Waals surface area contributed by atoms with Crippen molar-refractivity contribution in [2.45, 2.75) is 38.8 Å². The quantitative estimate of drug-likeness (QED) is 0.769. The number of hydrogen-bond acceptors (Lipinski definition) is 6. The van der Waals surface area contributed by atoms with Crippen LogP contribution in [-0.4, -0.2) is 41.6 Å². The number of rotatable bonds is 7. The van der Waals surface area contributed by atoms with Gasteiger partial charge in [0.2, 0.25) is 0 Å². The highest BCUT2D eigenvalue weighted by atomic mass is 32.1. The van der Waals surface area contributed by atoms with Gasteiger partial charge in [-0.1, -0.05) is 30.3 Å². The van der Waals surface area contributed by atoms with Crippen LogP contribution in [0.1, 0.15) is 31.0 Å². The average molecular weight is 359 g/mol. The van der Waals surface area contributed by atoms with Crippen molar-refractivity contribution in [1.82, 2.24) is 9.88 Å². The molecule has 6 heteroatoms. The van der Waals surface area contributed by atoms with Crippen molar-refractivity contribution in [2.75, 3.05) is 25.0 Å². The number of nitrogens with zero attached hydrogens (tertiary/aromatic N) is 2. The largest absolute Gasteiger partial charge is 0.466 e. The second kappa shape index (κ2) is 8.97. The second-order valence-electron chi connectivity index (χ2n) is 6.33. The second-order valence-corrected chi connectivity index (χ2v) is 7.19. The molecule has 0 amide bonds. The number of piperidine rings is 1. The number of carbonyl (C=O) groups excluding carboxylic acids is 1. The topological polar surface area (TPSA) is 54.5 Å². The van der Waals surface area contributed by atoms with Crippen LogP contribution in [0.4, 0.5) is 5.13 Å². The number of thiazole rings is 1. The van der Waals surface area contributed by atoms with Crippen LogP contribution < -0.4 is 5.32 Å². The monoisotopic (exact) mass is 359 g/mol. The van der Waals surface area contributed by atoms with Gasteiger partial charge in [-0.2, -0.15) is 0 Å². The first-order valence-corrected chi connectivity index (χ1v) is 9.73. The maximum absolute atomic E-state index is 11.5. The minimum atomic E-state index is -0.217. The van der Waals surface area contributed by atoms with E-state index in [0.717, 1.165) is 36.9 Å². The Kier molecular flexibility index (Phi) is 6.42. The molecule has 3 rings (SSSR count). The Morgan fingerprint density at radius 2 is 2.24 bits per heavy atom. The van der Waals surface area contributed by atoms with Crippen molar-refractivity contribution in [1.29, 1.82) is 0 Å². The summed E-state index contributed by atoms with van der Waals surface area (Å²) < 4.78 is 4.97. The zero-order valence-corrected chi connectivity index (χ0v) is 15.4. The number of ether oxygens (including phenoxy) is 1. The van der Waals surface area contributed by atoms with E-state index in [9.17, 15) is 4.79 Å². The van der Waals surface area contributed by atoms with Crippen LogP contribution in [0.25, 0.3) is 0 Å². The molecule has 1 unspecified atom stereocenters. The third kappa shape index (κ3) is 5.54. The van der Waals surface area contributed by atoms with E-state index in [1.54, 1.807) is 11.3 Å². The molecule has 0 spiro atoms. The summed E-state index contributed by atoms with van der Waals surface area (Å²) >= 11 is 1.56. The molecule has 0 radical (unpaired) electrons. The van der Waals surface area contributed by atoms with Gasteiger partial charge in [-0.05, 0) is 31.9 Å². The Morgan fingerprint density at radius 3 is 3.04 bits per heavy atom. The van der Waals surface area contributed by atoms with Gasteiger partial charge >= 0.3 is 5.97 Å². The van der Waals surface area contributed by atoms with Gasteiger partial charge in [0, 0.05) is 24.5 Å². The van der Waals surface area contributed by atoms with Crippen molar-refractivity contribution in [3.63, 3.8) is 0 Å². The Bertz CT molecular complexity index is 674.